The summed E-state index contributed by atoms with van der Waals surface area (Å²) in [4.78, 5) is 27.6. The van der Waals surface area contributed by atoms with Crippen molar-refractivity contribution in [1.29, 1.82) is 0 Å². The van der Waals surface area contributed by atoms with Gasteiger partial charge >= 0.3 is 5.97 Å². The molecule has 1 aromatic heterocycles. The first-order chi connectivity index (χ1) is 15.4. The molecule has 8 nitrogen and oxygen atoms in total. The van der Waals surface area contributed by atoms with Crippen LogP contribution in [0.5, 0.6) is 11.5 Å². The van der Waals surface area contributed by atoms with E-state index in [-0.39, 0.29) is 31.3 Å². The summed E-state index contributed by atoms with van der Waals surface area (Å²) in [6, 6.07) is 5.42. The summed E-state index contributed by atoms with van der Waals surface area (Å²) in [7, 11) is 3.12. The Morgan fingerprint density at radius 2 is 1.84 bits per heavy atom. The van der Waals surface area contributed by atoms with E-state index >= 15 is 0 Å². The number of ether oxygens (including phenoxy) is 4. The van der Waals surface area contributed by atoms with Gasteiger partial charge in [-0.3, -0.25) is 9.69 Å². The number of rotatable bonds is 8. The number of esters is 1. The Hall–Kier alpha value is -2.62. The highest BCUT2D eigenvalue weighted by Gasteiger charge is 2.26. The highest BCUT2D eigenvalue weighted by Crippen LogP contribution is 2.39. The number of carbonyl (C=O) groups is 2. The average Bonchev–Trinajstić information content (AvgIpc) is 3.15. The van der Waals surface area contributed by atoms with Gasteiger partial charge in [0, 0.05) is 24.0 Å². The van der Waals surface area contributed by atoms with Gasteiger partial charge in [-0.25, -0.2) is 4.79 Å². The number of anilines is 1. The number of hydrogen-bond donors (Lipinski definition) is 1. The Kier molecular flexibility index (Phi) is 8.11. The largest absolute Gasteiger partial charge is 0.493 e. The predicted octanol–water partition coefficient (Wildman–Crippen LogP) is 3.66. The lowest BCUT2D eigenvalue weighted by Gasteiger charge is -2.34. The molecule has 1 aliphatic heterocycles. The van der Waals surface area contributed by atoms with Gasteiger partial charge in [0.1, 0.15) is 10.6 Å². The molecule has 2 aromatic rings. The SMILES string of the molecule is CCOC(=O)c1c(-c2ccc(OC)c(OC)c2)csc1NC(=O)CN1C[C@H](C)O[C@@H](C)C1. The van der Waals surface area contributed by atoms with Crippen molar-refractivity contribution in [3.63, 3.8) is 0 Å². The molecule has 1 aromatic carbocycles. The summed E-state index contributed by atoms with van der Waals surface area (Å²) in [5.74, 6) is 0.471. The van der Waals surface area contributed by atoms with E-state index in [1.807, 2.05) is 25.3 Å². The van der Waals surface area contributed by atoms with Gasteiger partial charge in [-0.15, -0.1) is 11.3 Å². The van der Waals surface area contributed by atoms with Crippen LogP contribution in [0.3, 0.4) is 0 Å². The van der Waals surface area contributed by atoms with E-state index < -0.39 is 5.97 Å². The number of nitrogens with one attached hydrogen (secondary N) is 1. The van der Waals surface area contributed by atoms with E-state index in [1.54, 1.807) is 33.3 Å². The Morgan fingerprint density at radius 1 is 1.16 bits per heavy atom. The van der Waals surface area contributed by atoms with Crippen molar-refractivity contribution >= 4 is 28.2 Å². The van der Waals surface area contributed by atoms with Crippen LogP contribution in [0.25, 0.3) is 11.1 Å². The van der Waals surface area contributed by atoms with E-state index in [0.29, 0.717) is 40.7 Å². The maximum absolute atomic E-state index is 12.8. The first-order valence-electron chi connectivity index (χ1n) is 10.5. The van der Waals surface area contributed by atoms with Crippen molar-refractivity contribution in [3.8, 4) is 22.6 Å². The van der Waals surface area contributed by atoms with E-state index in [2.05, 4.69) is 10.2 Å². The molecule has 0 aliphatic carbocycles. The second-order valence-electron chi connectivity index (χ2n) is 7.64. The van der Waals surface area contributed by atoms with Crippen LogP contribution in [-0.2, 0) is 14.3 Å². The molecular formula is C23H30N2O6S. The zero-order valence-electron chi connectivity index (χ0n) is 19.1. The van der Waals surface area contributed by atoms with Crippen LogP contribution >= 0.6 is 11.3 Å². The second-order valence-corrected chi connectivity index (χ2v) is 8.52. The molecule has 32 heavy (non-hydrogen) atoms. The summed E-state index contributed by atoms with van der Waals surface area (Å²) in [6.07, 6.45) is 0.139. The third-order valence-electron chi connectivity index (χ3n) is 5.08. The highest BCUT2D eigenvalue weighted by molar-refractivity contribution is 7.15. The van der Waals surface area contributed by atoms with Gasteiger partial charge in [0.15, 0.2) is 11.5 Å². The zero-order chi connectivity index (χ0) is 23.3. The summed E-state index contributed by atoms with van der Waals surface area (Å²) < 4.78 is 21.7. The van der Waals surface area contributed by atoms with E-state index in [0.717, 1.165) is 5.56 Å². The van der Waals surface area contributed by atoms with Crippen molar-refractivity contribution in [2.24, 2.45) is 0 Å². The van der Waals surface area contributed by atoms with Crippen LogP contribution in [0.15, 0.2) is 23.6 Å². The molecule has 1 N–H and O–H groups in total. The maximum Gasteiger partial charge on any atom is 0.341 e. The Balaban J connectivity index is 1.86. The smallest absolute Gasteiger partial charge is 0.341 e. The van der Waals surface area contributed by atoms with Crippen LogP contribution in [0.2, 0.25) is 0 Å². The summed E-state index contributed by atoms with van der Waals surface area (Å²) in [6.45, 7) is 7.57. The molecule has 174 valence electrons. The Labute approximate surface area is 192 Å². The predicted molar refractivity (Wildman–Crippen MR) is 124 cm³/mol. The molecule has 0 saturated carbocycles. The fraction of sp³-hybridized carbons (Fsp3) is 0.478. The molecule has 0 spiro atoms. The summed E-state index contributed by atoms with van der Waals surface area (Å²) >= 11 is 1.29. The number of hydrogen-bond acceptors (Lipinski definition) is 8. The minimum Gasteiger partial charge on any atom is -0.493 e. The molecule has 1 aliphatic rings. The highest BCUT2D eigenvalue weighted by atomic mass is 32.1. The van der Waals surface area contributed by atoms with Gasteiger partial charge in [-0.05, 0) is 38.5 Å². The number of methoxy groups -OCH3 is 2. The lowest BCUT2D eigenvalue weighted by atomic mass is 10.0. The van der Waals surface area contributed by atoms with Crippen molar-refractivity contribution in [3.05, 3.63) is 29.1 Å². The third-order valence-corrected chi connectivity index (χ3v) is 5.98. The monoisotopic (exact) mass is 462 g/mol. The van der Waals surface area contributed by atoms with Crippen molar-refractivity contribution in [2.75, 3.05) is 45.8 Å². The molecule has 0 radical (unpaired) electrons. The fourth-order valence-corrected chi connectivity index (χ4v) is 4.83. The topological polar surface area (TPSA) is 86.3 Å². The van der Waals surface area contributed by atoms with Gasteiger partial charge in [-0.1, -0.05) is 6.07 Å². The molecule has 1 fully saturated rings. The first kappa shape index (κ1) is 24.0. The fourth-order valence-electron chi connectivity index (χ4n) is 3.85. The van der Waals surface area contributed by atoms with Crippen LogP contribution in [0.4, 0.5) is 5.00 Å². The number of thiophene rings is 1. The Bertz CT molecular complexity index is 950. The molecule has 2 atom stereocenters. The lowest BCUT2D eigenvalue weighted by molar-refractivity contribution is -0.121. The summed E-state index contributed by atoms with van der Waals surface area (Å²) in [5.41, 5.74) is 1.76. The average molecular weight is 463 g/mol. The molecule has 3 rings (SSSR count). The molecule has 1 amide bonds. The number of amides is 1. The van der Waals surface area contributed by atoms with Crippen molar-refractivity contribution < 1.29 is 28.5 Å². The van der Waals surface area contributed by atoms with E-state index in [4.69, 9.17) is 18.9 Å². The summed E-state index contributed by atoms with van der Waals surface area (Å²) in [5, 5.41) is 5.21. The zero-order valence-corrected chi connectivity index (χ0v) is 19.9. The van der Waals surface area contributed by atoms with Crippen molar-refractivity contribution in [1.82, 2.24) is 4.90 Å². The van der Waals surface area contributed by atoms with Crippen LogP contribution in [-0.4, -0.2) is 69.4 Å². The van der Waals surface area contributed by atoms with Crippen molar-refractivity contribution in [2.45, 2.75) is 33.0 Å². The van der Waals surface area contributed by atoms with E-state index in [9.17, 15) is 9.59 Å². The maximum atomic E-state index is 12.8. The minimum absolute atomic E-state index is 0.0695. The number of morpholine rings is 1. The normalized spacial score (nSPS) is 18.8. The van der Waals surface area contributed by atoms with Gasteiger partial charge < -0.3 is 24.3 Å². The molecule has 2 heterocycles. The molecule has 0 bridgehead atoms. The van der Waals surface area contributed by atoms with Gasteiger partial charge in [0.05, 0.1) is 39.6 Å². The number of carbonyl (C=O) groups excluding carboxylic acids is 2. The van der Waals surface area contributed by atoms with Crippen LogP contribution in [0, 0.1) is 0 Å². The van der Waals surface area contributed by atoms with Crippen LogP contribution < -0.4 is 14.8 Å². The van der Waals surface area contributed by atoms with Gasteiger partial charge in [0.25, 0.3) is 0 Å². The van der Waals surface area contributed by atoms with Gasteiger partial charge in [0.2, 0.25) is 5.91 Å². The molecular weight excluding hydrogens is 432 g/mol. The minimum atomic E-state index is -0.484. The Morgan fingerprint density at radius 3 is 2.47 bits per heavy atom. The van der Waals surface area contributed by atoms with E-state index in [1.165, 1.54) is 11.3 Å². The lowest BCUT2D eigenvalue weighted by Crippen LogP contribution is -2.48. The number of benzene rings is 1. The van der Waals surface area contributed by atoms with Crippen LogP contribution in [0.1, 0.15) is 31.1 Å². The molecule has 1 saturated heterocycles. The second kappa shape index (κ2) is 10.8. The number of nitrogens with zero attached hydrogens (tertiary/aromatic N) is 1. The standard InChI is InChI=1S/C23H30N2O6S/c1-6-30-23(27)21-17(16-7-8-18(28-4)19(9-16)29-5)13-32-22(21)24-20(26)12-25-10-14(2)31-15(3)11-25/h7-9,13-15H,6,10-12H2,1-5H3,(H,24,26)/t14-,15-/m0/s1. The van der Waals surface area contributed by atoms with Gasteiger partial charge in [-0.2, -0.15) is 0 Å². The molecule has 0 unspecified atom stereocenters. The molecule has 9 heteroatoms. The first-order valence-corrected chi connectivity index (χ1v) is 11.4. The third kappa shape index (κ3) is 5.59. The quantitative estimate of drug-likeness (QED) is 0.599.